The summed E-state index contributed by atoms with van der Waals surface area (Å²) in [5.41, 5.74) is 0.0114. The van der Waals surface area contributed by atoms with Crippen molar-refractivity contribution in [3.8, 4) is 0 Å². The first-order valence-electron chi connectivity index (χ1n) is 4.94. The molecule has 0 unspecified atom stereocenters. The van der Waals surface area contributed by atoms with Crippen molar-refractivity contribution in [2.75, 3.05) is 0 Å². The molecule has 0 fully saturated rings. The van der Waals surface area contributed by atoms with Gasteiger partial charge in [-0.25, -0.2) is 9.97 Å². The highest BCUT2D eigenvalue weighted by atomic mass is 35.5. The molecule has 4 nitrogen and oxygen atoms in total. The molecule has 0 aliphatic heterocycles. The number of halogens is 1. The molecule has 2 aromatic heterocycles. The summed E-state index contributed by atoms with van der Waals surface area (Å²) in [5.74, 6) is 0.625. The monoisotopic (exact) mass is 237 g/mol. The van der Waals surface area contributed by atoms with E-state index in [2.05, 4.69) is 15.0 Å². The van der Waals surface area contributed by atoms with E-state index in [-0.39, 0.29) is 11.0 Å². The van der Waals surface area contributed by atoms with Crippen LogP contribution in [0.25, 0.3) is 11.0 Å². The maximum Gasteiger partial charge on any atom is 0.260 e. The van der Waals surface area contributed by atoms with E-state index in [4.69, 9.17) is 11.6 Å². The van der Waals surface area contributed by atoms with Crippen LogP contribution >= 0.6 is 11.6 Å². The average Bonchev–Trinajstić information content (AvgIpc) is 2.17. The first-order chi connectivity index (χ1) is 7.38. The van der Waals surface area contributed by atoms with Gasteiger partial charge in [-0.1, -0.05) is 32.4 Å². The van der Waals surface area contributed by atoms with Gasteiger partial charge in [0.15, 0.2) is 5.65 Å². The van der Waals surface area contributed by atoms with Gasteiger partial charge in [0, 0.05) is 11.6 Å². The number of aromatic nitrogens is 3. The number of pyridine rings is 1. The highest BCUT2D eigenvalue weighted by Crippen LogP contribution is 2.19. The summed E-state index contributed by atoms with van der Waals surface area (Å²) >= 11 is 5.78. The van der Waals surface area contributed by atoms with Gasteiger partial charge >= 0.3 is 0 Å². The molecule has 0 spiro atoms. The second-order valence-corrected chi connectivity index (χ2v) is 5.13. The van der Waals surface area contributed by atoms with Crippen LogP contribution in [0.4, 0.5) is 0 Å². The van der Waals surface area contributed by atoms with Crippen LogP contribution in [-0.4, -0.2) is 15.0 Å². The van der Waals surface area contributed by atoms with E-state index in [1.54, 1.807) is 6.07 Å². The fourth-order valence-electron chi connectivity index (χ4n) is 1.35. The number of nitrogens with zero attached hydrogens (tertiary/aromatic N) is 2. The number of hydrogen-bond acceptors (Lipinski definition) is 3. The van der Waals surface area contributed by atoms with E-state index >= 15 is 0 Å². The van der Waals surface area contributed by atoms with E-state index < -0.39 is 0 Å². The third kappa shape index (κ3) is 1.93. The molecule has 2 aromatic rings. The zero-order valence-electron chi connectivity index (χ0n) is 9.34. The van der Waals surface area contributed by atoms with Crippen molar-refractivity contribution in [1.29, 1.82) is 0 Å². The predicted molar refractivity (Wildman–Crippen MR) is 63.9 cm³/mol. The molecule has 2 rings (SSSR count). The summed E-state index contributed by atoms with van der Waals surface area (Å²) in [6.07, 6.45) is 1.49. The van der Waals surface area contributed by atoms with Crippen molar-refractivity contribution in [3.63, 3.8) is 0 Å². The fraction of sp³-hybridized carbons (Fsp3) is 0.364. The molecule has 0 radical (unpaired) electrons. The average molecular weight is 238 g/mol. The highest BCUT2D eigenvalue weighted by molar-refractivity contribution is 6.31. The number of fused-ring (bicyclic) bond motifs is 1. The molecule has 84 valence electrons. The fourth-order valence-corrected chi connectivity index (χ4v) is 1.51. The van der Waals surface area contributed by atoms with Gasteiger partial charge in [0.1, 0.15) is 5.82 Å². The number of nitrogens with one attached hydrogen (secondary N) is 1. The molecule has 0 bridgehead atoms. The Morgan fingerprint density at radius 1 is 1.38 bits per heavy atom. The zero-order valence-corrected chi connectivity index (χ0v) is 10.1. The molecule has 0 aromatic carbocycles. The lowest BCUT2D eigenvalue weighted by atomic mass is 9.96. The Hall–Kier alpha value is -1.42. The van der Waals surface area contributed by atoms with Crippen LogP contribution < -0.4 is 5.56 Å². The Morgan fingerprint density at radius 2 is 2.06 bits per heavy atom. The smallest absolute Gasteiger partial charge is 0.260 e. The van der Waals surface area contributed by atoms with Gasteiger partial charge in [-0.15, -0.1) is 0 Å². The van der Waals surface area contributed by atoms with Crippen LogP contribution in [0.5, 0.6) is 0 Å². The normalized spacial score (nSPS) is 12.0. The lowest BCUT2D eigenvalue weighted by molar-refractivity contribution is 0.545. The third-order valence-corrected chi connectivity index (χ3v) is 2.44. The topological polar surface area (TPSA) is 58.6 Å². The Bertz CT molecular complexity index is 598. The van der Waals surface area contributed by atoms with Crippen molar-refractivity contribution in [2.45, 2.75) is 26.2 Å². The molecule has 1 N–H and O–H groups in total. The molecule has 0 aliphatic rings. The minimum atomic E-state index is -0.214. The summed E-state index contributed by atoms with van der Waals surface area (Å²) in [6, 6.07) is 1.57. The van der Waals surface area contributed by atoms with Crippen LogP contribution in [0.15, 0.2) is 17.1 Å². The Labute approximate surface area is 97.7 Å². The van der Waals surface area contributed by atoms with E-state index in [9.17, 15) is 4.79 Å². The molecular weight excluding hydrogens is 226 g/mol. The zero-order chi connectivity index (χ0) is 11.9. The Kier molecular flexibility index (Phi) is 2.46. The van der Waals surface area contributed by atoms with Crippen LogP contribution in [-0.2, 0) is 5.41 Å². The van der Waals surface area contributed by atoms with Crippen LogP contribution in [0.3, 0.4) is 0 Å². The number of H-pyrrole nitrogens is 1. The van der Waals surface area contributed by atoms with Crippen LogP contribution in [0.1, 0.15) is 26.6 Å². The first kappa shape index (κ1) is 11.1. The third-order valence-electron chi connectivity index (χ3n) is 2.24. The molecule has 0 saturated heterocycles. The largest absolute Gasteiger partial charge is 0.309 e. The van der Waals surface area contributed by atoms with Gasteiger partial charge in [0.25, 0.3) is 5.56 Å². The molecule has 2 heterocycles. The molecule has 5 heteroatoms. The number of hydrogen-bond donors (Lipinski definition) is 1. The van der Waals surface area contributed by atoms with Crippen molar-refractivity contribution in [2.24, 2.45) is 0 Å². The lowest BCUT2D eigenvalue weighted by Gasteiger charge is -2.16. The van der Waals surface area contributed by atoms with Gasteiger partial charge in [-0.2, -0.15) is 0 Å². The molecule has 0 amide bonds. The summed E-state index contributed by atoms with van der Waals surface area (Å²) < 4.78 is 0. The summed E-state index contributed by atoms with van der Waals surface area (Å²) in [4.78, 5) is 22.9. The molecular formula is C11H12ClN3O. The lowest BCUT2D eigenvalue weighted by Crippen LogP contribution is -2.22. The van der Waals surface area contributed by atoms with Crippen molar-refractivity contribution >= 4 is 22.6 Å². The van der Waals surface area contributed by atoms with Gasteiger partial charge in [-0.3, -0.25) is 4.79 Å². The standard InChI is InChI=1S/C11H12ClN3O/c1-11(2,3)10-14-8-7(9(16)15-10)4-6(12)5-13-8/h4-5H,1-3H3,(H,13,14,15,16). The Balaban J connectivity index is 2.79. The highest BCUT2D eigenvalue weighted by Gasteiger charge is 2.18. The molecule has 16 heavy (non-hydrogen) atoms. The summed E-state index contributed by atoms with van der Waals surface area (Å²) in [6.45, 7) is 5.94. The van der Waals surface area contributed by atoms with Crippen LogP contribution in [0, 0.1) is 0 Å². The van der Waals surface area contributed by atoms with E-state index in [1.807, 2.05) is 20.8 Å². The second kappa shape index (κ2) is 3.56. The van der Waals surface area contributed by atoms with Gasteiger partial charge in [0.05, 0.1) is 10.4 Å². The number of rotatable bonds is 0. The van der Waals surface area contributed by atoms with Gasteiger partial charge in [-0.05, 0) is 6.07 Å². The minimum Gasteiger partial charge on any atom is -0.309 e. The van der Waals surface area contributed by atoms with Crippen molar-refractivity contribution < 1.29 is 0 Å². The summed E-state index contributed by atoms with van der Waals surface area (Å²) in [5, 5.41) is 0.851. The molecule has 0 saturated carbocycles. The van der Waals surface area contributed by atoms with Crippen molar-refractivity contribution in [3.05, 3.63) is 33.5 Å². The SMILES string of the molecule is CC(C)(C)c1nc2ncc(Cl)cc2c(=O)[nH]1. The van der Waals surface area contributed by atoms with E-state index in [0.29, 0.717) is 21.9 Å². The molecule has 0 aliphatic carbocycles. The van der Waals surface area contributed by atoms with Crippen LogP contribution in [0.2, 0.25) is 5.02 Å². The van der Waals surface area contributed by atoms with Crippen molar-refractivity contribution in [1.82, 2.24) is 15.0 Å². The van der Waals surface area contributed by atoms with Gasteiger partial charge in [0.2, 0.25) is 0 Å². The number of aromatic amines is 1. The van der Waals surface area contributed by atoms with E-state index in [0.717, 1.165) is 0 Å². The van der Waals surface area contributed by atoms with Gasteiger partial charge < -0.3 is 4.98 Å². The minimum absolute atomic E-state index is 0.204. The maximum atomic E-state index is 11.8. The quantitative estimate of drug-likeness (QED) is 0.765. The maximum absolute atomic E-state index is 11.8. The van der Waals surface area contributed by atoms with E-state index in [1.165, 1.54) is 6.20 Å². The first-order valence-corrected chi connectivity index (χ1v) is 5.32. The molecule has 0 atom stereocenters. The second-order valence-electron chi connectivity index (χ2n) is 4.69. The predicted octanol–water partition coefficient (Wildman–Crippen LogP) is 2.27. The Morgan fingerprint density at radius 3 is 2.69 bits per heavy atom. The summed E-state index contributed by atoms with van der Waals surface area (Å²) in [7, 11) is 0.